The Labute approximate surface area is 146 Å². The lowest BCUT2D eigenvalue weighted by Gasteiger charge is -2.31. The Morgan fingerprint density at radius 3 is 2.96 bits per heavy atom. The topological polar surface area (TPSA) is 74.2 Å². The number of nitrogens with one attached hydrogen (secondary N) is 2. The Morgan fingerprint density at radius 2 is 2.20 bits per heavy atom. The number of nitrogens with zero attached hydrogens (tertiary/aromatic N) is 2. The lowest BCUT2D eigenvalue weighted by Crippen LogP contribution is -2.40. The third kappa shape index (κ3) is 3.38. The second-order valence-corrected chi connectivity index (χ2v) is 6.64. The smallest absolute Gasteiger partial charge is 0.223 e. The van der Waals surface area contributed by atoms with E-state index < -0.39 is 0 Å². The van der Waals surface area contributed by atoms with Crippen LogP contribution in [-0.4, -0.2) is 29.0 Å². The highest BCUT2D eigenvalue weighted by molar-refractivity contribution is 5.80. The number of amides is 1. The quantitative estimate of drug-likeness (QED) is 0.767. The predicted molar refractivity (Wildman–Crippen MR) is 96.3 cm³/mol. The highest BCUT2D eigenvalue weighted by Gasteiger charge is 2.26. The van der Waals surface area contributed by atoms with Crippen LogP contribution in [0.25, 0.3) is 11.0 Å². The maximum Gasteiger partial charge on any atom is 0.223 e. The Hall–Kier alpha value is -2.76. The highest BCUT2D eigenvalue weighted by atomic mass is 16.3. The van der Waals surface area contributed by atoms with Crippen LogP contribution in [0.15, 0.2) is 41.0 Å². The summed E-state index contributed by atoms with van der Waals surface area (Å²) in [4.78, 5) is 22.6. The molecule has 0 radical (unpaired) electrons. The van der Waals surface area contributed by atoms with Crippen molar-refractivity contribution >= 4 is 22.9 Å². The van der Waals surface area contributed by atoms with Gasteiger partial charge >= 0.3 is 0 Å². The Morgan fingerprint density at radius 1 is 1.36 bits per heavy atom. The number of aromatic amines is 1. The number of furan rings is 1. The maximum absolute atomic E-state index is 12.3. The third-order valence-corrected chi connectivity index (χ3v) is 4.81. The molecular formula is C19H22N4O2. The SMILES string of the molecule is Cc1ccc2nc(N3CCC(C(=O)NCc4ccco4)CC3)[nH]c2c1. The van der Waals surface area contributed by atoms with Gasteiger partial charge in [0, 0.05) is 19.0 Å². The second-order valence-electron chi connectivity index (χ2n) is 6.64. The minimum Gasteiger partial charge on any atom is -0.467 e. The van der Waals surface area contributed by atoms with Gasteiger partial charge in [0.25, 0.3) is 0 Å². The van der Waals surface area contributed by atoms with E-state index in [1.807, 2.05) is 18.2 Å². The van der Waals surface area contributed by atoms with E-state index in [-0.39, 0.29) is 11.8 Å². The molecule has 0 aliphatic carbocycles. The molecule has 6 heteroatoms. The van der Waals surface area contributed by atoms with Crippen LogP contribution in [-0.2, 0) is 11.3 Å². The van der Waals surface area contributed by atoms with Gasteiger partial charge in [-0.2, -0.15) is 0 Å². The van der Waals surface area contributed by atoms with Crippen LogP contribution in [0.5, 0.6) is 0 Å². The van der Waals surface area contributed by atoms with Crippen molar-refractivity contribution in [3.05, 3.63) is 47.9 Å². The van der Waals surface area contributed by atoms with Crippen LogP contribution in [0.1, 0.15) is 24.2 Å². The van der Waals surface area contributed by atoms with Gasteiger partial charge in [-0.3, -0.25) is 4.79 Å². The predicted octanol–water partition coefficient (Wildman–Crippen LogP) is 3.00. The van der Waals surface area contributed by atoms with E-state index in [2.05, 4.69) is 39.2 Å². The molecule has 0 atom stereocenters. The molecule has 0 spiro atoms. The van der Waals surface area contributed by atoms with Gasteiger partial charge in [0.05, 0.1) is 23.8 Å². The van der Waals surface area contributed by atoms with Crippen molar-refractivity contribution in [2.24, 2.45) is 5.92 Å². The molecule has 1 aliphatic rings. The lowest BCUT2D eigenvalue weighted by molar-refractivity contribution is -0.125. The summed E-state index contributed by atoms with van der Waals surface area (Å²) >= 11 is 0. The second kappa shape index (κ2) is 6.63. The first-order valence-electron chi connectivity index (χ1n) is 8.70. The molecule has 3 aromatic rings. The number of piperidine rings is 1. The molecular weight excluding hydrogens is 316 g/mol. The zero-order valence-corrected chi connectivity index (χ0v) is 14.3. The molecule has 1 amide bonds. The molecule has 0 unspecified atom stereocenters. The molecule has 2 aromatic heterocycles. The van der Waals surface area contributed by atoms with Crippen LogP contribution in [0.4, 0.5) is 5.95 Å². The van der Waals surface area contributed by atoms with Crippen LogP contribution < -0.4 is 10.2 Å². The summed E-state index contributed by atoms with van der Waals surface area (Å²) in [7, 11) is 0. The average Bonchev–Trinajstić information content (AvgIpc) is 3.29. The zero-order valence-electron chi connectivity index (χ0n) is 14.3. The fourth-order valence-corrected chi connectivity index (χ4v) is 3.34. The van der Waals surface area contributed by atoms with Crippen molar-refractivity contribution in [3.63, 3.8) is 0 Å². The van der Waals surface area contributed by atoms with Gasteiger partial charge < -0.3 is 19.6 Å². The van der Waals surface area contributed by atoms with E-state index in [0.717, 1.165) is 48.7 Å². The van der Waals surface area contributed by atoms with Crippen molar-refractivity contribution < 1.29 is 9.21 Å². The molecule has 1 saturated heterocycles. The van der Waals surface area contributed by atoms with Gasteiger partial charge in [0.15, 0.2) is 0 Å². The maximum atomic E-state index is 12.3. The van der Waals surface area contributed by atoms with E-state index in [1.54, 1.807) is 6.26 Å². The molecule has 3 heterocycles. The number of aryl methyl sites for hydroxylation is 1. The van der Waals surface area contributed by atoms with Gasteiger partial charge in [-0.15, -0.1) is 0 Å². The van der Waals surface area contributed by atoms with Gasteiger partial charge in [-0.1, -0.05) is 6.07 Å². The first-order chi connectivity index (χ1) is 12.2. The number of benzene rings is 1. The van der Waals surface area contributed by atoms with Crippen molar-refractivity contribution in [2.75, 3.05) is 18.0 Å². The van der Waals surface area contributed by atoms with Crippen LogP contribution in [0.2, 0.25) is 0 Å². The Balaban J connectivity index is 1.34. The minimum atomic E-state index is 0.0536. The normalized spacial score (nSPS) is 15.6. The number of aromatic nitrogens is 2. The first-order valence-corrected chi connectivity index (χ1v) is 8.70. The van der Waals surface area contributed by atoms with E-state index in [1.165, 1.54) is 5.56 Å². The van der Waals surface area contributed by atoms with Gasteiger partial charge in [-0.25, -0.2) is 4.98 Å². The largest absolute Gasteiger partial charge is 0.467 e. The standard InChI is InChI=1S/C19H22N4O2/c1-13-4-5-16-17(11-13)22-19(21-16)23-8-6-14(7-9-23)18(24)20-12-15-3-2-10-25-15/h2-5,10-11,14H,6-9,12H2,1H3,(H,20,24)(H,21,22). The molecule has 6 nitrogen and oxygen atoms in total. The van der Waals surface area contributed by atoms with Crippen LogP contribution in [0, 0.1) is 12.8 Å². The molecule has 0 saturated carbocycles. The van der Waals surface area contributed by atoms with Crippen molar-refractivity contribution in [1.29, 1.82) is 0 Å². The molecule has 4 rings (SSSR count). The molecule has 130 valence electrons. The molecule has 2 N–H and O–H groups in total. The number of H-pyrrole nitrogens is 1. The monoisotopic (exact) mass is 338 g/mol. The number of hydrogen-bond acceptors (Lipinski definition) is 4. The molecule has 25 heavy (non-hydrogen) atoms. The fraction of sp³-hybridized carbons (Fsp3) is 0.368. The summed E-state index contributed by atoms with van der Waals surface area (Å²) in [5.41, 5.74) is 3.27. The van der Waals surface area contributed by atoms with Crippen molar-refractivity contribution in [3.8, 4) is 0 Å². The third-order valence-electron chi connectivity index (χ3n) is 4.81. The molecule has 1 aliphatic heterocycles. The number of carbonyl (C=O) groups excluding carboxylic acids is 1. The molecule has 1 aromatic carbocycles. The highest BCUT2D eigenvalue weighted by Crippen LogP contribution is 2.24. The number of imidazole rings is 1. The summed E-state index contributed by atoms with van der Waals surface area (Å²) < 4.78 is 5.25. The molecule has 0 bridgehead atoms. The summed E-state index contributed by atoms with van der Waals surface area (Å²) in [6.07, 6.45) is 3.29. The van der Waals surface area contributed by atoms with E-state index in [0.29, 0.717) is 6.54 Å². The first kappa shape index (κ1) is 15.7. The van der Waals surface area contributed by atoms with Crippen LogP contribution >= 0.6 is 0 Å². The summed E-state index contributed by atoms with van der Waals surface area (Å²) in [6, 6.07) is 9.92. The minimum absolute atomic E-state index is 0.0536. The van der Waals surface area contributed by atoms with Crippen molar-refractivity contribution in [1.82, 2.24) is 15.3 Å². The molecule has 1 fully saturated rings. The number of fused-ring (bicyclic) bond motifs is 1. The number of hydrogen-bond donors (Lipinski definition) is 2. The van der Waals surface area contributed by atoms with E-state index in [9.17, 15) is 4.79 Å². The number of rotatable bonds is 4. The van der Waals surface area contributed by atoms with Gasteiger partial charge in [0.1, 0.15) is 5.76 Å². The van der Waals surface area contributed by atoms with Gasteiger partial charge in [-0.05, 0) is 49.6 Å². The average molecular weight is 338 g/mol. The Kier molecular flexibility index (Phi) is 4.17. The van der Waals surface area contributed by atoms with Gasteiger partial charge in [0.2, 0.25) is 11.9 Å². The summed E-state index contributed by atoms with van der Waals surface area (Å²) in [6.45, 7) is 4.19. The Bertz CT molecular complexity index is 861. The number of carbonyl (C=O) groups is 1. The fourth-order valence-electron chi connectivity index (χ4n) is 3.34. The summed E-state index contributed by atoms with van der Waals surface area (Å²) in [5, 5.41) is 2.96. The van der Waals surface area contributed by atoms with E-state index in [4.69, 9.17) is 4.42 Å². The zero-order chi connectivity index (χ0) is 17.2. The van der Waals surface area contributed by atoms with Crippen LogP contribution in [0.3, 0.4) is 0 Å². The number of anilines is 1. The van der Waals surface area contributed by atoms with E-state index >= 15 is 0 Å². The lowest BCUT2D eigenvalue weighted by atomic mass is 9.96. The summed E-state index contributed by atoms with van der Waals surface area (Å²) in [5.74, 6) is 1.84. The van der Waals surface area contributed by atoms with Crippen molar-refractivity contribution in [2.45, 2.75) is 26.3 Å².